The van der Waals surface area contributed by atoms with E-state index in [1.54, 1.807) is 10.5 Å². The predicted molar refractivity (Wildman–Crippen MR) is 124 cm³/mol. The van der Waals surface area contributed by atoms with E-state index in [1.807, 2.05) is 14.0 Å². The quantitative estimate of drug-likeness (QED) is 0.780. The van der Waals surface area contributed by atoms with Crippen molar-refractivity contribution in [3.63, 3.8) is 0 Å². The van der Waals surface area contributed by atoms with Crippen LogP contribution in [0, 0.1) is 5.92 Å². The van der Waals surface area contributed by atoms with Crippen LogP contribution in [0.5, 0.6) is 0 Å². The largest absolute Gasteiger partial charge is 0.394 e. The molecule has 0 radical (unpaired) electrons. The number of rotatable bonds is 3. The monoisotopic (exact) mass is 442 g/mol. The number of nitrogens with zero attached hydrogens (tertiary/aromatic N) is 4. The van der Waals surface area contributed by atoms with E-state index >= 15 is 0 Å². The molecular weight excluding hydrogens is 412 g/mol. The Hall–Kier alpha value is -2.03. The van der Waals surface area contributed by atoms with E-state index in [2.05, 4.69) is 39.2 Å². The van der Waals surface area contributed by atoms with Crippen LogP contribution in [-0.2, 0) is 10.0 Å². The Morgan fingerprint density at radius 2 is 2.10 bits per heavy atom. The summed E-state index contributed by atoms with van der Waals surface area (Å²) in [7, 11) is -1.80. The second-order valence-electron chi connectivity index (χ2n) is 9.05. The molecule has 1 saturated heterocycles. The molecule has 166 valence electrons. The van der Waals surface area contributed by atoms with Crippen LogP contribution in [-0.4, -0.2) is 61.5 Å². The smallest absolute Gasteiger partial charge is 0.278 e. The summed E-state index contributed by atoms with van der Waals surface area (Å²) in [4.78, 5) is 10.5. The van der Waals surface area contributed by atoms with Crippen LogP contribution >= 0.6 is 0 Å². The van der Waals surface area contributed by atoms with Gasteiger partial charge in [0.25, 0.3) is 15.2 Å². The highest BCUT2D eigenvalue weighted by Gasteiger charge is 2.51. The highest BCUT2D eigenvalue weighted by molar-refractivity contribution is 8.04. The molecule has 7 nitrogen and oxygen atoms in total. The molecule has 1 N–H and O–H groups in total. The van der Waals surface area contributed by atoms with Gasteiger partial charge in [-0.2, -0.15) is 4.31 Å². The van der Waals surface area contributed by atoms with Crippen molar-refractivity contribution in [2.75, 3.05) is 25.1 Å². The normalized spacial score (nSPS) is 30.7. The first-order valence-electron chi connectivity index (χ1n) is 11.2. The fourth-order valence-electron chi connectivity index (χ4n) is 5.63. The Morgan fingerprint density at radius 3 is 2.77 bits per heavy atom. The Balaban J connectivity index is 1.61. The molecule has 5 rings (SSSR count). The van der Waals surface area contributed by atoms with Gasteiger partial charge < -0.3 is 10.0 Å². The number of aliphatic hydroxyl groups is 1. The van der Waals surface area contributed by atoms with Gasteiger partial charge in [0.2, 0.25) is 0 Å². The van der Waals surface area contributed by atoms with Crippen molar-refractivity contribution in [3.05, 3.63) is 35.4 Å². The van der Waals surface area contributed by atoms with Gasteiger partial charge in [0.15, 0.2) is 0 Å². The van der Waals surface area contributed by atoms with Crippen molar-refractivity contribution >= 4 is 32.7 Å². The second-order valence-corrected chi connectivity index (χ2v) is 10.8. The molecule has 1 fully saturated rings. The highest BCUT2D eigenvalue weighted by Crippen LogP contribution is 2.50. The maximum atomic E-state index is 13.5. The van der Waals surface area contributed by atoms with Gasteiger partial charge in [-0.1, -0.05) is 12.1 Å². The van der Waals surface area contributed by atoms with E-state index in [1.165, 1.54) is 24.0 Å². The molecule has 0 amide bonds. The van der Waals surface area contributed by atoms with Crippen LogP contribution in [0.25, 0.3) is 5.57 Å². The van der Waals surface area contributed by atoms with Gasteiger partial charge in [-0.15, -0.1) is 0 Å². The third-order valence-electron chi connectivity index (χ3n) is 7.22. The van der Waals surface area contributed by atoms with Gasteiger partial charge in [-0.05, 0) is 67.9 Å². The molecule has 1 aromatic rings. The number of sulfonamides is 1. The fraction of sp³-hybridized carbons (Fsp3) is 0.565. The van der Waals surface area contributed by atoms with E-state index < -0.39 is 10.0 Å². The summed E-state index contributed by atoms with van der Waals surface area (Å²) in [6, 6.07) is 5.77. The lowest BCUT2D eigenvalue weighted by Gasteiger charge is -2.44. The minimum Gasteiger partial charge on any atom is -0.394 e. The zero-order valence-electron chi connectivity index (χ0n) is 18.1. The lowest BCUT2D eigenvalue weighted by molar-refractivity contribution is 0.193. The number of aliphatic imine (C=N–C) groups is 2. The van der Waals surface area contributed by atoms with Gasteiger partial charge in [0.1, 0.15) is 0 Å². The summed E-state index contributed by atoms with van der Waals surface area (Å²) in [5.74, 6) is 0.0243. The molecule has 0 spiro atoms. The molecule has 0 saturated carbocycles. The molecular formula is C23H30N4O3S. The zero-order valence-corrected chi connectivity index (χ0v) is 18.9. The SMILES string of the molecule is CC1C=NC(S(=O)(=O)N2CC[C@@H]3[C@H](CO)N(C)c4ccc(C5=CCCCC5)cc4[C@@H]32)=N1. The highest BCUT2D eigenvalue weighted by atomic mass is 32.2. The van der Waals surface area contributed by atoms with E-state index in [4.69, 9.17) is 0 Å². The molecule has 1 aliphatic carbocycles. The topological polar surface area (TPSA) is 85.6 Å². The first kappa shape index (κ1) is 20.8. The van der Waals surface area contributed by atoms with E-state index in [0.29, 0.717) is 13.0 Å². The lowest BCUT2D eigenvalue weighted by atomic mass is 9.81. The third kappa shape index (κ3) is 3.36. The predicted octanol–water partition coefficient (Wildman–Crippen LogP) is 2.98. The van der Waals surface area contributed by atoms with Gasteiger partial charge >= 0.3 is 0 Å². The van der Waals surface area contributed by atoms with Crippen LogP contribution in [0.1, 0.15) is 56.2 Å². The average molecular weight is 443 g/mol. The van der Waals surface area contributed by atoms with Crippen LogP contribution in [0.3, 0.4) is 0 Å². The second kappa shape index (κ2) is 7.83. The van der Waals surface area contributed by atoms with Crippen LogP contribution < -0.4 is 4.90 Å². The number of allylic oxidation sites excluding steroid dienone is 2. The third-order valence-corrected chi connectivity index (χ3v) is 8.92. The van der Waals surface area contributed by atoms with Gasteiger partial charge in [-0.25, -0.2) is 18.4 Å². The summed E-state index contributed by atoms with van der Waals surface area (Å²) in [5, 5.41) is 10.1. The summed E-state index contributed by atoms with van der Waals surface area (Å²) >= 11 is 0. The minimum atomic E-state index is -3.80. The van der Waals surface area contributed by atoms with Crippen LogP contribution in [0.15, 0.2) is 34.3 Å². The number of hydrogen-bond acceptors (Lipinski definition) is 6. The first-order valence-corrected chi connectivity index (χ1v) is 12.7. The molecule has 8 heteroatoms. The number of fused-ring (bicyclic) bond motifs is 3. The van der Waals surface area contributed by atoms with Crippen molar-refractivity contribution in [1.29, 1.82) is 0 Å². The number of amidine groups is 1. The fourth-order valence-corrected chi connectivity index (χ4v) is 7.25. The van der Waals surface area contributed by atoms with Crippen molar-refractivity contribution in [1.82, 2.24) is 4.31 Å². The number of anilines is 1. The molecule has 0 bridgehead atoms. The van der Waals surface area contributed by atoms with Gasteiger partial charge in [0, 0.05) is 31.4 Å². The van der Waals surface area contributed by atoms with E-state index in [0.717, 1.165) is 24.1 Å². The molecule has 0 aromatic heterocycles. The Bertz CT molecular complexity index is 1080. The van der Waals surface area contributed by atoms with Crippen molar-refractivity contribution in [2.24, 2.45) is 15.9 Å². The molecule has 1 aromatic carbocycles. The van der Waals surface area contributed by atoms with E-state index in [9.17, 15) is 13.5 Å². The average Bonchev–Trinajstić information content (AvgIpc) is 3.42. The number of benzene rings is 1. The number of aliphatic hydroxyl groups excluding tert-OH is 1. The summed E-state index contributed by atoms with van der Waals surface area (Å²) in [6.07, 6.45) is 9.18. The standard InChI is InChI=1S/C23H30N4O3S/c1-15-13-24-23(25-15)31(29,30)27-11-10-18-21(14-28)26(2)20-9-8-17(12-19(20)22(18)27)16-6-4-3-5-7-16/h6,8-9,12-13,15,18,21-22,28H,3-5,7,10-11,14H2,1-2H3/t15?,18-,21+,22-/m1/s1. The molecule has 3 aliphatic heterocycles. The Kier molecular flexibility index (Phi) is 5.27. The number of likely N-dealkylation sites (N-methyl/N-ethyl adjacent to an activating group) is 1. The molecule has 31 heavy (non-hydrogen) atoms. The zero-order chi connectivity index (χ0) is 21.8. The summed E-state index contributed by atoms with van der Waals surface area (Å²) in [6.45, 7) is 2.24. The molecule has 3 heterocycles. The van der Waals surface area contributed by atoms with E-state index in [-0.39, 0.29) is 35.8 Å². The summed E-state index contributed by atoms with van der Waals surface area (Å²) < 4.78 is 28.6. The maximum Gasteiger partial charge on any atom is 0.278 e. The van der Waals surface area contributed by atoms with Gasteiger partial charge in [0.05, 0.1) is 24.7 Å². The Morgan fingerprint density at radius 1 is 1.26 bits per heavy atom. The Labute approximate surface area is 184 Å². The van der Waals surface area contributed by atoms with Crippen LogP contribution in [0.2, 0.25) is 0 Å². The first-order chi connectivity index (χ1) is 14.9. The van der Waals surface area contributed by atoms with Crippen molar-refractivity contribution in [3.8, 4) is 0 Å². The lowest BCUT2D eigenvalue weighted by Crippen LogP contribution is -2.48. The summed E-state index contributed by atoms with van der Waals surface area (Å²) in [5.41, 5.74) is 4.55. The molecule has 4 aliphatic rings. The molecule has 1 unspecified atom stereocenters. The minimum absolute atomic E-state index is 0.00592. The maximum absolute atomic E-state index is 13.5. The van der Waals surface area contributed by atoms with Crippen molar-refractivity contribution in [2.45, 2.75) is 57.2 Å². The number of hydrogen-bond donors (Lipinski definition) is 1. The van der Waals surface area contributed by atoms with Crippen molar-refractivity contribution < 1.29 is 13.5 Å². The van der Waals surface area contributed by atoms with Gasteiger partial charge in [-0.3, -0.25) is 0 Å². The van der Waals surface area contributed by atoms with Crippen LogP contribution in [0.4, 0.5) is 5.69 Å². The molecule has 4 atom stereocenters.